The van der Waals surface area contributed by atoms with Crippen molar-refractivity contribution in [1.29, 1.82) is 0 Å². The lowest BCUT2D eigenvalue weighted by molar-refractivity contribution is -0.188. The van der Waals surface area contributed by atoms with Crippen LogP contribution >= 0.6 is 11.3 Å². The Balaban J connectivity index is 1.35. The second kappa shape index (κ2) is 9.16. The van der Waals surface area contributed by atoms with E-state index in [2.05, 4.69) is 21.6 Å². The number of alkyl halides is 2. The second-order valence-corrected chi connectivity index (χ2v) is 9.53. The number of hydrogen-bond acceptors (Lipinski definition) is 5. The predicted octanol–water partition coefficient (Wildman–Crippen LogP) is 7.39. The molecule has 0 aliphatic carbocycles. The highest BCUT2D eigenvalue weighted by molar-refractivity contribution is 7.21. The molecule has 182 valence electrons. The molecule has 0 radical (unpaired) electrons. The summed E-state index contributed by atoms with van der Waals surface area (Å²) in [4.78, 5) is 8.33. The van der Waals surface area contributed by atoms with Crippen LogP contribution in [0.5, 0.6) is 5.75 Å². The average Bonchev–Trinajstić information content (AvgIpc) is 3.26. The molecular weight excluding hydrogens is 487 g/mol. The number of rotatable bonds is 5. The lowest BCUT2D eigenvalue weighted by Crippen LogP contribution is -2.23. The monoisotopic (exact) mass is 506 g/mol. The van der Waals surface area contributed by atoms with Crippen LogP contribution in [0.3, 0.4) is 0 Å². The van der Waals surface area contributed by atoms with Crippen LogP contribution in [0.2, 0.25) is 0 Å². The van der Waals surface area contributed by atoms with E-state index in [1.807, 2.05) is 18.2 Å². The van der Waals surface area contributed by atoms with Gasteiger partial charge in [0.2, 0.25) is 0 Å². The zero-order valence-electron chi connectivity index (χ0n) is 18.4. The zero-order valence-corrected chi connectivity index (χ0v) is 19.2. The number of benzene rings is 2. The van der Waals surface area contributed by atoms with Crippen LogP contribution in [-0.4, -0.2) is 16.6 Å². The fourth-order valence-corrected chi connectivity index (χ4v) is 4.90. The quantitative estimate of drug-likeness (QED) is 0.209. The van der Waals surface area contributed by atoms with Gasteiger partial charge in [0, 0.05) is 30.5 Å². The lowest BCUT2D eigenvalue weighted by Gasteiger charge is -2.27. The molecule has 5 rings (SSSR count). The van der Waals surface area contributed by atoms with Crippen LogP contribution in [0.1, 0.15) is 37.1 Å². The van der Waals surface area contributed by atoms with Gasteiger partial charge in [-0.05, 0) is 48.6 Å². The van der Waals surface area contributed by atoms with E-state index in [9.17, 15) is 22.0 Å². The van der Waals surface area contributed by atoms with Crippen molar-refractivity contribution in [2.24, 2.45) is 5.92 Å². The SMILES string of the molecule is CC1CCC(c2ccc3nc(-c4ccc(C(F)(F)Oc5cc(F)c(F)c(F)c5)nc4)sc3c2)OC1. The third-order valence-corrected chi connectivity index (χ3v) is 6.87. The van der Waals surface area contributed by atoms with Gasteiger partial charge in [-0.3, -0.25) is 4.98 Å². The molecule has 0 bridgehead atoms. The summed E-state index contributed by atoms with van der Waals surface area (Å²) < 4.78 is 80.0. The summed E-state index contributed by atoms with van der Waals surface area (Å²) in [7, 11) is 0. The molecule has 4 nitrogen and oxygen atoms in total. The van der Waals surface area contributed by atoms with Gasteiger partial charge in [0.25, 0.3) is 0 Å². The summed E-state index contributed by atoms with van der Waals surface area (Å²) in [5, 5.41) is 0.598. The molecule has 0 saturated carbocycles. The van der Waals surface area contributed by atoms with Crippen molar-refractivity contribution in [1.82, 2.24) is 9.97 Å². The second-order valence-electron chi connectivity index (χ2n) is 8.50. The maximum Gasteiger partial charge on any atom is 0.444 e. The summed E-state index contributed by atoms with van der Waals surface area (Å²) in [5.74, 6) is -5.36. The summed E-state index contributed by atoms with van der Waals surface area (Å²) in [6, 6.07) is 9.09. The molecule has 0 amide bonds. The molecule has 0 N–H and O–H groups in total. The van der Waals surface area contributed by atoms with Crippen molar-refractivity contribution >= 4 is 21.6 Å². The highest BCUT2D eigenvalue weighted by Gasteiger charge is 2.37. The van der Waals surface area contributed by atoms with E-state index in [1.165, 1.54) is 23.6 Å². The fraction of sp³-hybridized carbons (Fsp3) is 0.280. The van der Waals surface area contributed by atoms with Crippen LogP contribution in [-0.2, 0) is 10.8 Å². The van der Waals surface area contributed by atoms with Crippen molar-refractivity contribution in [3.8, 4) is 16.3 Å². The number of nitrogens with zero attached hydrogens (tertiary/aromatic N) is 2. The summed E-state index contributed by atoms with van der Waals surface area (Å²) in [6.45, 7) is 2.90. The van der Waals surface area contributed by atoms with E-state index in [0.717, 1.165) is 41.3 Å². The van der Waals surface area contributed by atoms with Gasteiger partial charge in [0.1, 0.15) is 10.8 Å². The molecule has 2 unspecified atom stereocenters. The van der Waals surface area contributed by atoms with Crippen LogP contribution in [0.25, 0.3) is 20.8 Å². The largest absolute Gasteiger partial charge is 0.444 e. The maximum absolute atomic E-state index is 14.5. The Morgan fingerprint density at radius 3 is 2.46 bits per heavy atom. The molecule has 2 aromatic heterocycles. The molecule has 4 aromatic rings. The summed E-state index contributed by atoms with van der Waals surface area (Å²) >= 11 is 1.41. The first-order valence-electron chi connectivity index (χ1n) is 10.9. The Kier molecular flexibility index (Phi) is 6.18. The summed E-state index contributed by atoms with van der Waals surface area (Å²) in [6.07, 6.45) is -0.671. The van der Waals surface area contributed by atoms with Gasteiger partial charge in [-0.2, -0.15) is 8.78 Å². The Morgan fingerprint density at radius 2 is 1.80 bits per heavy atom. The molecule has 2 aromatic carbocycles. The number of aromatic nitrogens is 2. The molecular formula is C25H19F5N2O2S. The minimum absolute atomic E-state index is 0.0485. The third-order valence-electron chi connectivity index (χ3n) is 5.80. The Bertz CT molecular complexity index is 1350. The molecule has 35 heavy (non-hydrogen) atoms. The maximum atomic E-state index is 14.5. The van der Waals surface area contributed by atoms with E-state index in [0.29, 0.717) is 28.6 Å². The molecule has 1 fully saturated rings. The van der Waals surface area contributed by atoms with E-state index in [4.69, 9.17) is 4.74 Å². The van der Waals surface area contributed by atoms with Crippen LogP contribution in [0, 0.1) is 23.4 Å². The number of halogens is 5. The van der Waals surface area contributed by atoms with E-state index < -0.39 is 35.0 Å². The first kappa shape index (κ1) is 23.6. The number of fused-ring (bicyclic) bond motifs is 1. The molecule has 1 aliphatic rings. The van der Waals surface area contributed by atoms with Gasteiger partial charge in [-0.25, -0.2) is 18.2 Å². The standard InChI is InChI=1S/C25H19F5N2O2S/c1-13-2-6-20(33-12-13)14-3-5-19-21(8-14)35-24(32-19)15-4-7-22(31-11-15)25(29,30)34-16-9-17(26)23(28)18(27)10-16/h3-5,7-11,13,20H,2,6,12H2,1H3. The average molecular weight is 506 g/mol. The van der Waals surface area contributed by atoms with Gasteiger partial charge >= 0.3 is 6.11 Å². The van der Waals surface area contributed by atoms with Crippen LogP contribution in [0.15, 0.2) is 48.7 Å². The van der Waals surface area contributed by atoms with Crippen LogP contribution < -0.4 is 4.74 Å². The number of hydrogen-bond donors (Lipinski definition) is 0. The first-order valence-corrected chi connectivity index (χ1v) is 11.7. The molecule has 2 atom stereocenters. The summed E-state index contributed by atoms with van der Waals surface area (Å²) in [5.41, 5.74) is 1.60. The third kappa shape index (κ3) is 4.85. The van der Waals surface area contributed by atoms with Gasteiger partial charge < -0.3 is 9.47 Å². The van der Waals surface area contributed by atoms with Crippen molar-refractivity contribution in [3.63, 3.8) is 0 Å². The molecule has 0 spiro atoms. The fourth-order valence-electron chi connectivity index (χ4n) is 3.89. The smallest absolute Gasteiger partial charge is 0.428 e. The van der Waals surface area contributed by atoms with Gasteiger partial charge in [0.05, 0.1) is 16.3 Å². The van der Waals surface area contributed by atoms with Crippen molar-refractivity contribution < 1.29 is 31.4 Å². The molecule has 1 saturated heterocycles. The van der Waals surface area contributed by atoms with Crippen LogP contribution in [0.4, 0.5) is 22.0 Å². The van der Waals surface area contributed by atoms with Gasteiger partial charge in [-0.15, -0.1) is 11.3 Å². The minimum atomic E-state index is -4.00. The predicted molar refractivity (Wildman–Crippen MR) is 121 cm³/mol. The highest BCUT2D eigenvalue weighted by Crippen LogP contribution is 2.37. The van der Waals surface area contributed by atoms with E-state index in [-0.39, 0.29) is 6.10 Å². The lowest BCUT2D eigenvalue weighted by atomic mass is 9.96. The van der Waals surface area contributed by atoms with Crippen molar-refractivity contribution in [3.05, 3.63) is 77.4 Å². The molecule has 3 heterocycles. The normalized spacial score (nSPS) is 18.7. The van der Waals surface area contributed by atoms with Gasteiger partial charge in [-0.1, -0.05) is 13.0 Å². The minimum Gasteiger partial charge on any atom is -0.428 e. The van der Waals surface area contributed by atoms with Crippen molar-refractivity contribution in [2.75, 3.05) is 6.61 Å². The number of ether oxygens (including phenoxy) is 2. The zero-order chi connectivity index (χ0) is 24.7. The van der Waals surface area contributed by atoms with Crippen molar-refractivity contribution in [2.45, 2.75) is 32.0 Å². The van der Waals surface area contributed by atoms with E-state index in [1.54, 1.807) is 0 Å². The molecule has 1 aliphatic heterocycles. The first-order chi connectivity index (χ1) is 16.7. The number of thiazole rings is 1. The van der Waals surface area contributed by atoms with Gasteiger partial charge in [0.15, 0.2) is 23.1 Å². The topological polar surface area (TPSA) is 44.2 Å². The highest BCUT2D eigenvalue weighted by atomic mass is 32.1. The Morgan fingerprint density at radius 1 is 1.03 bits per heavy atom. The Hall–Kier alpha value is -3.11. The molecule has 10 heteroatoms. The Labute approximate surface area is 201 Å². The number of pyridine rings is 1. The van der Waals surface area contributed by atoms with E-state index >= 15 is 0 Å².